The Morgan fingerprint density at radius 3 is 2.65 bits per heavy atom. The first-order chi connectivity index (χ1) is 11.3. The summed E-state index contributed by atoms with van der Waals surface area (Å²) in [5.41, 5.74) is 7.20. The number of nitrogens with zero attached hydrogens (tertiary/aromatic N) is 5. The molecule has 1 saturated heterocycles. The molecule has 0 bridgehead atoms. The number of aromatic nitrogens is 3. The van der Waals surface area contributed by atoms with Crippen LogP contribution in [0.3, 0.4) is 0 Å². The van der Waals surface area contributed by atoms with Crippen LogP contribution in [-0.4, -0.2) is 46.2 Å². The summed E-state index contributed by atoms with van der Waals surface area (Å²) >= 11 is 0. The van der Waals surface area contributed by atoms with Crippen LogP contribution in [0.5, 0.6) is 0 Å². The zero-order valence-electron chi connectivity index (χ0n) is 12.7. The molecule has 0 radical (unpaired) electrons. The summed E-state index contributed by atoms with van der Waals surface area (Å²) in [5, 5.41) is 3.93. The molecule has 4 rings (SSSR count). The number of hydrogen-bond donors (Lipinski definition) is 1. The number of hydrogen-bond acceptors (Lipinski definition) is 8. The third-order valence-electron chi connectivity index (χ3n) is 3.98. The fourth-order valence-electron chi connectivity index (χ4n) is 2.73. The summed E-state index contributed by atoms with van der Waals surface area (Å²) in [6, 6.07) is 8.51. The Balaban J connectivity index is 1.38. The molecular formula is C15H18N6O2. The quantitative estimate of drug-likeness (QED) is 0.761. The number of anilines is 1. The molecule has 8 heteroatoms. The van der Waals surface area contributed by atoms with E-state index in [1.807, 2.05) is 24.3 Å². The Kier molecular flexibility index (Phi) is 3.68. The maximum Gasteiger partial charge on any atom is 0.298 e. The molecule has 1 aliphatic rings. The predicted molar refractivity (Wildman–Crippen MR) is 83.7 cm³/mol. The summed E-state index contributed by atoms with van der Waals surface area (Å²) in [7, 11) is 0. The third kappa shape index (κ3) is 2.90. The van der Waals surface area contributed by atoms with Crippen molar-refractivity contribution in [3.05, 3.63) is 36.0 Å². The first-order valence-corrected chi connectivity index (χ1v) is 7.66. The molecule has 0 amide bonds. The topological polar surface area (TPSA) is 97.5 Å². The standard InChI is InChI=1S/C15H18N6O2/c16-9-14-18-13(19-23-14)10-20-5-7-21(8-6-20)15-17-11-3-1-2-4-12(11)22-15/h1-4H,5-10,16H2. The van der Waals surface area contributed by atoms with Crippen LogP contribution < -0.4 is 10.6 Å². The molecule has 1 fully saturated rings. The number of fused-ring (bicyclic) bond motifs is 1. The lowest BCUT2D eigenvalue weighted by atomic mass is 10.3. The molecule has 3 heterocycles. The van der Waals surface area contributed by atoms with Crippen molar-refractivity contribution >= 4 is 17.1 Å². The van der Waals surface area contributed by atoms with Crippen molar-refractivity contribution in [2.45, 2.75) is 13.1 Å². The zero-order valence-corrected chi connectivity index (χ0v) is 12.7. The minimum atomic E-state index is 0.276. The second-order valence-electron chi connectivity index (χ2n) is 5.54. The van der Waals surface area contributed by atoms with Crippen molar-refractivity contribution in [2.75, 3.05) is 31.1 Å². The van der Waals surface area contributed by atoms with E-state index in [0.717, 1.165) is 37.3 Å². The van der Waals surface area contributed by atoms with Crippen LogP contribution >= 0.6 is 0 Å². The molecule has 23 heavy (non-hydrogen) atoms. The molecule has 0 saturated carbocycles. The van der Waals surface area contributed by atoms with Gasteiger partial charge in [0, 0.05) is 26.2 Å². The van der Waals surface area contributed by atoms with Gasteiger partial charge in [-0.1, -0.05) is 17.3 Å². The van der Waals surface area contributed by atoms with Crippen molar-refractivity contribution in [3.63, 3.8) is 0 Å². The molecule has 0 aliphatic carbocycles. The van der Waals surface area contributed by atoms with Crippen molar-refractivity contribution in [1.29, 1.82) is 0 Å². The van der Waals surface area contributed by atoms with Gasteiger partial charge in [0.2, 0.25) is 5.89 Å². The molecule has 0 spiro atoms. The summed E-state index contributed by atoms with van der Waals surface area (Å²) in [6.07, 6.45) is 0. The largest absolute Gasteiger partial charge is 0.423 e. The Labute approximate surface area is 132 Å². The highest BCUT2D eigenvalue weighted by atomic mass is 16.5. The Morgan fingerprint density at radius 2 is 1.91 bits per heavy atom. The van der Waals surface area contributed by atoms with Crippen LogP contribution in [0.15, 0.2) is 33.2 Å². The summed E-state index contributed by atoms with van der Waals surface area (Å²) < 4.78 is 10.9. The first kappa shape index (κ1) is 14.2. The van der Waals surface area contributed by atoms with Gasteiger partial charge in [0.1, 0.15) is 5.52 Å². The Hall–Kier alpha value is -2.45. The van der Waals surface area contributed by atoms with E-state index in [9.17, 15) is 0 Å². The SMILES string of the molecule is NCc1nc(CN2CCN(c3nc4ccccc4o3)CC2)no1. The van der Waals surface area contributed by atoms with Crippen LogP contribution in [0.2, 0.25) is 0 Å². The number of piperazine rings is 1. The molecule has 120 valence electrons. The van der Waals surface area contributed by atoms with Gasteiger partial charge in [-0.25, -0.2) is 0 Å². The second kappa shape index (κ2) is 5.98. The molecule has 1 aliphatic heterocycles. The number of rotatable bonds is 4. The lowest BCUT2D eigenvalue weighted by molar-refractivity contribution is 0.236. The van der Waals surface area contributed by atoms with E-state index in [1.165, 1.54) is 0 Å². The molecule has 8 nitrogen and oxygen atoms in total. The molecular weight excluding hydrogens is 296 g/mol. The number of benzene rings is 1. The van der Waals surface area contributed by atoms with Crippen LogP contribution in [0.25, 0.3) is 11.1 Å². The van der Waals surface area contributed by atoms with E-state index in [-0.39, 0.29) is 6.54 Å². The van der Waals surface area contributed by atoms with Crippen LogP contribution in [0.4, 0.5) is 6.01 Å². The minimum absolute atomic E-state index is 0.276. The summed E-state index contributed by atoms with van der Waals surface area (Å²) in [5.74, 6) is 1.16. The average molecular weight is 314 g/mol. The van der Waals surface area contributed by atoms with Crippen molar-refractivity contribution in [1.82, 2.24) is 20.0 Å². The molecule has 2 N–H and O–H groups in total. The summed E-state index contributed by atoms with van der Waals surface area (Å²) in [6.45, 7) is 4.45. The van der Waals surface area contributed by atoms with E-state index >= 15 is 0 Å². The highest BCUT2D eigenvalue weighted by Gasteiger charge is 2.22. The highest BCUT2D eigenvalue weighted by molar-refractivity contribution is 5.74. The fraction of sp³-hybridized carbons (Fsp3) is 0.400. The first-order valence-electron chi connectivity index (χ1n) is 7.66. The maximum atomic E-state index is 5.82. The molecule has 0 unspecified atom stereocenters. The van der Waals surface area contributed by atoms with Crippen LogP contribution in [-0.2, 0) is 13.1 Å². The van der Waals surface area contributed by atoms with Gasteiger partial charge in [0.15, 0.2) is 11.4 Å². The van der Waals surface area contributed by atoms with E-state index in [1.54, 1.807) is 0 Å². The smallest absolute Gasteiger partial charge is 0.298 e. The monoisotopic (exact) mass is 314 g/mol. The van der Waals surface area contributed by atoms with Gasteiger partial charge in [-0.3, -0.25) is 4.90 Å². The van der Waals surface area contributed by atoms with Gasteiger partial charge in [-0.2, -0.15) is 9.97 Å². The second-order valence-corrected chi connectivity index (χ2v) is 5.54. The summed E-state index contributed by atoms with van der Waals surface area (Å²) in [4.78, 5) is 13.2. The maximum absolute atomic E-state index is 5.82. The molecule has 1 aromatic carbocycles. The van der Waals surface area contributed by atoms with Gasteiger partial charge in [0.05, 0.1) is 13.1 Å². The van der Waals surface area contributed by atoms with Crippen LogP contribution in [0, 0.1) is 0 Å². The number of para-hydroxylation sites is 2. The normalized spacial score (nSPS) is 16.3. The predicted octanol–water partition coefficient (Wildman–Crippen LogP) is 0.992. The van der Waals surface area contributed by atoms with Crippen molar-refractivity contribution < 1.29 is 8.94 Å². The minimum Gasteiger partial charge on any atom is -0.423 e. The number of oxazole rings is 1. The third-order valence-corrected chi connectivity index (χ3v) is 3.98. The van der Waals surface area contributed by atoms with Gasteiger partial charge in [-0.15, -0.1) is 0 Å². The Morgan fingerprint density at radius 1 is 1.09 bits per heavy atom. The fourth-order valence-corrected chi connectivity index (χ4v) is 2.73. The van der Waals surface area contributed by atoms with Gasteiger partial charge < -0.3 is 19.6 Å². The highest BCUT2D eigenvalue weighted by Crippen LogP contribution is 2.22. The lowest BCUT2D eigenvalue weighted by Gasteiger charge is -2.32. The zero-order chi connectivity index (χ0) is 15.6. The van der Waals surface area contributed by atoms with Gasteiger partial charge in [-0.05, 0) is 12.1 Å². The molecule has 2 aromatic heterocycles. The van der Waals surface area contributed by atoms with E-state index in [4.69, 9.17) is 14.7 Å². The van der Waals surface area contributed by atoms with Crippen molar-refractivity contribution in [2.24, 2.45) is 5.73 Å². The molecule has 3 aromatic rings. The van der Waals surface area contributed by atoms with Crippen molar-refractivity contribution in [3.8, 4) is 0 Å². The number of nitrogens with two attached hydrogens (primary N) is 1. The van der Waals surface area contributed by atoms with E-state index in [2.05, 4.69) is 24.9 Å². The van der Waals surface area contributed by atoms with E-state index < -0.39 is 0 Å². The Bertz CT molecular complexity index is 757. The lowest BCUT2D eigenvalue weighted by Crippen LogP contribution is -2.46. The van der Waals surface area contributed by atoms with Crippen LogP contribution in [0.1, 0.15) is 11.7 Å². The average Bonchev–Trinajstić information content (AvgIpc) is 3.21. The van der Waals surface area contributed by atoms with Gasteiger partial charge >= 0.3 is 0 Å². The van der Waals surface area contributed by atoms with Gasteiger partial charge in [0.25, 0.3) is 6.01 Å². The molecule has 0 atom stereocenters. The van der Waals surface area contributed by atoms with E-state index in [0.29, 0.717) is 24.3 Å².